The maximum absolute atomic E-state index is 13.2. The van der Waals surface area contributed by atoms with Crippen LogP contribution in [-0.2, 0) is 17.5 Å². The molecule has 1 aliphatic carbocycles. The number of hydrogen-bond donors (Lipinski definition) is 1. The average Bonchev–Trinajstić information content (AvgIpc) is 3.12. The Bertz CT molecular complexity index is 441. The minimum absolute atomic E-state index is 0.148. The van der Waals surface area contributed by atoms with Crippen molar-refractivity contribution in [2.75, 3.05) is 20.3 Å². The van der Waals surface area contributed by atoms with Gasteiger partial charge in [0, 0.05) is 25.8 Å². The van der Waals surface area contributed by atoms with Crippen LogP contribution in [0.5, 0.6) is 0 Å². The van der Waals surface area contributed by atoms with Crippen LogP contribution >= 0.6 is 0 Å². The lowest BCUT2D eigenvalue weighted by atomic mass is 10.2. The molecule has 4 nitrogen and oxygen atoms in total. The number of methoxy groups -OCH3 is 1. The molecule has 0 amide bonds. The van der Waals surface area contributed by atoms with Crippen LogP contribution in [0.4, 0.5) is 13.2 Å². The van der Waals surface area contributed by atoms with Gasteiger partial charge in [0.25, 0.3) is 0 Å². The Morgan fingerprint density at radius 2 is 2.20 bits per heavy atom. The third kappa shape index (κ3) is 3.52. The molecular formula is C13H20F3N3O. The molecule has 1 fully saturated rings. The van der Waals surface area contributed by atoms with E-state index in [0.29, 0.717) is 19.1 Å². The van der Waals surface area contributed by atoms with Crippen molar-refractivity contribution in [3.8, 4) is 0 Å². The first-order valence-corrected chi connectivity index (χ1v) is 6.78. The van der Waals surface area contributed by atoms with E-state index in [1.54, 1.807) is 7.11 Å². The van der Waals surface area contributed by atoms with E-state index in [0.717, 1.165) is 17.5 Å². The molecule has 0 radical (unpaired) electrons. The normalized spacial score (nSPS) is 17.4. The second-order valence-electron chi connectivity index (χ2n) is 5.21. The van der Waals surface area contributed by atoms with Gasteiger partial charge in [0.05, 0.1) is 18.8 Å². The number of alkyl halides is 3. The summed E-state index contributed by atoms with van der Waals surface area (Å²) in [7, 11) is 1.55. The van der Waals surface area contributed by atoms with Gasteiger partial charge in [-0.25, -0.2) is 0 Å². The van der Waals surface area contributed by atoms with Crippen molar-refractivity contribution in [3.05, 3.63) is 17.5 Å². The van der Waals surface area contributed by atoms with Crippen molar-refractivity contribution < 1.29 is 17.9 Å². The Balaban J connectivity index is 2.14. The Labute approximate surface area is 116 Å². The Morgan fingerprint density at radius 1 is 1.50 bits per heavy atom. The van der Waals surface area contributed by atoms with Crippen LogP contribution in [0.1, 0.15) is 37.1 Å². The highest BCUT2D eigenvalue weighted by molar-refractivity contribution is 5.21. The highest BCUT2D eigenvalue weighted by atomic mass is 19.4. The summed E-state index contributed by atoms with van der Waals surface area (Å²) >= 11 is 0. The van der Waals surface area contributed by atoms with Crippen LogP contribution in [-0.4, -0.2) is 30.0 Å². The first-order chi connectivity index (χ1) is 9.45. The van der Waals surface area contributed by atoms with E-state index >= 15 is 0 Å². The third-order valence-electron chi connectivity index (χ3n) is 3.63. The van der Waals surface area contributed by atoms with Gasteiger partial charge in [0.2, 0.25) is 0 Å². The molecule has 0 spiro atoms. The van der Waals surface area contributed by atoms with E-state index in [1.165, 1.54) is 6.20 Å². The van der Waals surface area contributed by atoms with Crippen molar-refractivity contribution in [1.82, 2.24) is 15.1 Å². The maximum Gasteiger partial charge on any atom is 0.433 e. The quantitative estimate of drug-likeness (QED) is 0.785. The Kier molecular flexibility index (Phi) is 4.70. The molecule has 2 rings (SSSR count). The molecule has 1 unspecified atom stereocenters. The fraction of sp³-hybridized carbons (Fsp3) is 0.769. The highest BCUT2D eigenvalue weighted by Gasteiger charge is 2.41. The first-order valence-electron chi connectivity index (χ1n) is 6.78. The molecule has 1 atom stereocenters. The molecule has 1 aromatic rings. The van der Waals surface area contributed by atoms with Crippen molar-refractivity contribution >= 4 is 0 Å². The van der Waals surface area contributed by atoms with E-state index in [4.69, 9.17) is 4.74 Å². The molecule has 1 N–H and O–H groups in total. The lowest BCUT2D eigenvalue weighted by molar-refractivity contribution is -0.145. The summed E-state index contributed by atoms with van der Waals surface area (Å²) < 4.78 is 45.7. The van der Waals surface area contributed by atoms with Gasteiger partial charge in [-0.15, -0.1) is 0 Å². The number of nitrogens with zero attached hydrogens (tertiary/aromatic N) is 2. The second kappa shape index (κ2) is 6.13. The first kappa shape index (κ1) is 15.3. The van der Waals surface area contributed by atoms with Gasteiger partial charge in [-0.1, -0.05) is 0 Å². The molecule has 1 aliphatic rings. The number of ether oxygens (including phenoxy) is 1. The summed E-state index contributed by atoms with van der Waals surface area (Å²) in [5.74, 6) is 0.324. The minimum Gasteiger partial charge on any atom is -0.383 e. The summed E-state index contributed by atoms with van der Waals surface area (Å²) in [5, 5.41) is 6.90. The minimum atomic E-state index is -4.38. The monoisotopic (exact) mass is 291 g/mol. The smallest absolute Gasteiger partial charge is 0.383 e. The maximum atomic E-state index is 13.2. The molecule has 0 aliphatic heterocycles. The number of aromatic nitrogens is 2. The predicted molar refractivity (Wildman–Crippen MR) is 68.2 cm³/mol. The van der Waals surface area contributed by atoms with E-state index in [2.05, 4.69) is 10.4 Å². The third-order valence-corrected chi connectivity index (χ3v) is 3.63. The zero-order valence-electron chi connectivity index (χ0n) is 11.7. The molecule has 20 heavy (non-hydrogen) atoms. The molecule has 7 heteroatoms. The second-order valence-corrected chi connectivity index (χ2v) is 5.21. The van der Waals surface area contributed by atoms with Crippen LogP contribution in [0.2, 0.25) is 0 Å². The van der Waals surface area contributed by atoms with Gasteiger partial charge in [-0.2, -0.15) is 18.3 Å². The van der Waals surface area contributed by atoms with Crippen molar-refractivity contribution in [1.29, 1.82) is 0 Å². The van der Waals surface area contributed by atoms with Crippen molar-refractivity contribution in [3.63, 3.8) is 0 Å². The lowest BCUT2D eigenvalue weighted by Crippen LogP contribution is -2.23. The van der Waals surface area contributed by atoms with Gasteiger partial charge in [-0.3, -0.25) is 4.68 Å². The summed E-state index contributed by atoms with van der Waals surface area (Å²) in [6.45, 7) is 2.93. The molecule has 0 aromatic carbocycles. The van der Waals surface area contributed by atoms with E-state index < -0.39 is 11.9 Å². The van der Waals surface area contributed by atoms with Gasteiger partial charge in [-0.05, 0) is 25.7 Å². The number of nitrogens with one attached hydrogen (secondary N) is 1. The standard InChI is InChI=1S/C13H20F3N3O/c1-9(10-3-4-10)19-12(13(14,15)16)11(8-18-19)7-17-5-6-20-2/h8-10,17H,3-7H2,1-2H3. The molecular weight excluding hydrogens is 271 g/mol. The largest absolute Gasteiger partial charge is 0.433 e. The number of halogens is 3. The van der Waals surface area contributed by atoms with Crippen LogP contribution in [0.3, 0.4) is 0 Å². The molecule has 1 heterocycles. The van der Waals surface area contributed by atoms with E-state index in [1.807, 2.05) is 6.92 Å². The highest BCUT2D eigenvalue weighted by Crippen LogP contribution is 2.42. The summed E-state index contributed by atoms with van der Waals surface area (Å²) in [6, 6.07) is -0.195. The Hall–Kier alpha value is -1.08. The van der Waals surface area contributed by atoms with Gasteiger partial charge < -0.3 is 10.1 Å². The van der Waals surface area contributed by atoms with Gasteiger partial charge >= 0.3 is 6.18 Å². The summed E-state index contributed by atoms with van der Waals surface area (Å²) in [4.78, 5) is 0. The van der Waals surface area contributed by atoms with Crippen LogP contribution in [0.25, 0.3) is 0 Å². The number of hydrogen-bond acceptors (Lipinski definition) is 3. The van der Waals surface area contributed by atoms with Crippen LogP contribution < -0.4 is 5.32 Å². The summed E-state index contributed by atoms with van der Waals surface area (Å²) in [5.41, 5.74) is -0.428. The van der Waals surface area contributed by atoms with E-state index in [-0.39, 0.29) is 18.2 Å². The molecule has 1 aromatic heterocycles. The molecule has 1 saturated carbocycles. The average molecular weight is 291 g/mol. The fourth-order valence-electron chi connectivity index (χ4n) is 2.32. The lowest BCUT2D eigenvalue weighted by Gasteiger charge is -2.18. The Morgan fingerprint density at radius 3 is 2.75 bits per heavy atom. The molecule has 0 saturated heterocycles. The SMILES string of the molecule is COCCNCc1cnn(C(C)C2CC2)c1C(F)(F)F. The van der Waals surface area contributed by atoms with E-state index in [9.17, 15) is 13.2 Å². The van der Waals surface area contributed by atoms with Gasteiger partial charge in [0.1, 0.15) is 5.69 Å². The predicted octanol–water partition coefficient (Wildman–Crippen LogP) is 2.61. The van der Waals surface area contributed by atoms with Crippen LogP contribution in [0.15, 0.2) is 6.20 Å². The molecule has 0 bridgehead atoms. The number of rotatable bonds is 7. The molecule has 114 valence electrons. The zero-order chi connectivity index (χ0) is 14.8. The fourth-order valence-corrected chi connectivity index (χ4v) is 2.32. The van der Waals surface area contributed by atoms with Gasteiger partial charge in [0.15, 0.2) is 0 Å². The van der Waals surface area contributed by atoms with Crippen LogP contribution in [0, 0.1) is 5.92 Å². The summed E-state index contributed by atoms with van der Waals surface area (Å²) in [6.07, 6.45) is -1.08. The van der Waals surface area contributed by atoms with Crippen molar-refractivity contribution in [2.24, 2.45) is 5.92 Å². The topological polar surface area (TPSA) is 39.1 Å². The zero-order valence-corrected chi connectivity index (χ0v) is 11.7. The van der Waals surface area contributed by atoms with Crippen molar-refractivity contribution in [2.45, 2.75) is 38.5 Å².